The van der Waals surface area contributed by atoms with Gasteiger partial charge in [-0.05, 0) is 32.4 Å². The van der Waals surface area contributed by atoms with Crippen LogP contribution in [0.1, 0.15) is 29.0 Å². The molecule has 2 heterocycles. The summed E-state index contributed by atoms with van der Waals surface area (Å²) in [5, 5.41) is 9.42. The topological polar surface area (TPSA) is 43.8 Å². The summed E-state index contributed by atoms with van der Waals surface area (Å²) in [5.74, 6) is 1.01. The molecule has 1 N–H and O–H groups in total. The van der Waals surface area contributed by atoms with Gasteiger partial charge in [0.25, 0.3) is 0 Å². The van der Waals surface area contributed by atoms with Crippen molar-refractivity contribution < 1.29 is 9.90 Å². The molecule has 5 heteroatoms. The number of thiophene rings is 1. The Labute approximate surface area is 130 Å². The number of carbonyl (C=O) groups excluding carboxylic acids is 1. The second-order valence-corrected chi connectivity index (χ2v) is 7.69. The van der Waals surface area contributed by atoms with Crippen molar-refractivity contribution in [1.82, 2.24) is 9.80 Å². The number of carbonyl (C=O) groups is 1. The fourth-order valence-electron chi connectivity index (χ4n) is 3.19. The summed E-state index contributed by atoms with van der Waals surface area (Å²) in [6, 6.07) is 4.33. The van der Waals surface area contributed by atoms with E-state index in [-0.39, 0.29) is 12.0 Å². The van der Waals surface area contributed by atoms with Crippen molar-refractivity contribution in [2.45, 2.75) is 32.3 Å². The first-order valence-corrected chi connectivity index (χ1v) is 8.62. The average Bonchev–Trinajstić information content (AvgIpc) is 3.13. The number of piperazine rings is 1. The van der Waals surface area contributed by atoms with E-state index < -0.39 is 0 Å². The molecule has 1 aromatic heterocycles. The van der Waals surface area contributed by atoms with Gasteiger partial charge in [-0.25, -0.2) is 0 Å². The highest BCUT2D eigenvalue weighted by atomic mass is 32.1. The lowest BCUT2D eigenvalue weighted by Crippen LogP contribution is -2.50. The van der Waals surface area contributed by atoms with Crippen LogP contribution in [-0.4, -0.2) is 59.6 Å². The molecular formula is C16H24N2O2S. The molecule has 1 saturated carbocycles. The third-order valence-corrected chi connectivity index (χ3v) is 5.57. The number of rotatable bonds is 4. The van der Waals surface area contributed by atoms with Crippen molar-refractivity contribution in [3.63, 3.8) is 0 Å². The molecule has 0 radical (unpaired) electrons. The van der Waals surface area contributed by atoms with Crippen LogP contribution in [0.5, 0.6) is 0 Å². The van der Waals surface area contributed by atoms with Gasteiger partial charge >= 0.3 is 0 Å². The second kappa shape index (κ2) is 6.07. The van der Waals surface area contributed by atoms with E-state index in [1.165, 1.54) is 9.75 Å². The van der Waals surface area contributed by atoms with Crippen LogP contribution in [0.3, 0.4) is 0 Å². The zero-order valence-corrected chi connectivity index (χ0v) is 13.6. The number of hydrogen-bond donors (Lipinski definition) is 1. The smallest absolute Gasteiger partial charge is 0.226 e. The molecule has 1 aliphatic heterocycles. The predicted octanol–water partition coefficient (Wildman–Crippen LogP) is 1.69. The molecule has 2 fully saturated rings. The van der Waals surface area contributed by atoms with E-state index in [9.17, 15) is 9.90 Å². The van der Waals surface area contributed by atoms with E-state index >= 15 is 0 Å². The Hall–Kier alpha value is -0.910. The summed E-state index contributed by atoms with van der Waals surface area (Å²) in [4.78, 5) is 19.5. The van der Waals surface area contributed by atoms with Crippen molar-refractivity contribution >= 4 is 17.2 Å². The van der Waals surface area contributed by atoms with Crippen LogP contribution in [0.2, 0.25) is 0 Å². The van der Waals surface area contributed by atoms with E-state index in [2.05, 4.69) is 24.0 Å². The standard InChI is InChI=1S/C16H24N2O2S/c1-11(19)10-17-5-7-18(8-6-17)16(20)14-9-13(14)15-4-3-12(2)21-15/h3-4,11,13-14,19H,5-10H2,1-2H3/t11-,13-,14-/m1/s1. The van der Waals surface area contributed by atoms with Crippen LogP contribution in [-0.2, 0) is 4.79 Å². The maximum absolute atomic E-state index is 12.5. The number of amides is 1. The lowest BCUT2D eigenvalue weighted by Gasteiger charge is -2.35. The summed E-state index contributed by atoms with van der Waals surface area (Å²) in [6.45, 7) is 8.02. The SMILES string of the molecule is Cc1ccc([C@@H]2C[C@H]2C(=O)N2CCN(C[C@@H](C)O)CC2)s1. The fourth-order valence-corrected chi connectivity index (χ4v) is 4.25. The molecule has 1 aromatic rings. The van der Waals surface area contributed by atoms with E-state index in [1.54, 1.807) is 0 Å². The van der Waals surface area contributed by atoms with Gasteiger partial charge in [-0.2, -0.15) is 0 Å². The maximum Gasteiger partial charge on any atom is 0.226 e. The highest BCUT2D eigenvalue weighted by Gasteiger charge is 2.46. The highest BCUT2D eigenvalue weighted by molar-refractivity contribution is 7.12. The molecule has 2 aliphatic rings. The van der Waals surface area contributed by atoms with Crippen LogP contribution in [0.4, 0.5) is 0 Å². The Balaban J connectivity index is 1.49. The summed E-state index contributed by atoms with van der Waals surface area (Å²) in [6.07, 6.45) is 0.731. The molecule has 1 amide bonds. The molecular weight excluding hydrogens is 284 g/mol. The number of nitrogens with zero attached hydrogens (tertiary/aromatic N) is 2. The van der Waals surface area contributed by atoms with Crippen molar-refractivity contribution in [1.29, 1.82) is 0 Å². The van der Waals surface area contributed by atoms with Gasteiger partial charge in [-0.3, -0.25) is 9.69 Å². The summed E-state index contributed by atoms with van der Waals surface area (Å²) in [7, 11) is 0. The third kappa shape index (κ3) is 3.47. The minimum Gasteiger partial charge on any atom is -0.392 e. The molecule has 3 atom stereocenters. The number of aliphatic hydroxyl groups is 1. The normalized spacial score (nSPS) is 27.7. The van der Waals surface area contributed by atoms with Gasteiger partial charge in [0.05, 0.1) is 6.10 Å². The molecule has 3 rings (SSSR count). The van der Waals surface area contributed by atoms with Gasteiger partial charge < -0.3 is 10.0 Å². The van der Waals surface area contributed by atoms with Gasteiger partial charge in [0.15, 0.2) is 0 Å². The quantitative estimate of drug-likeness (QED) is 0.920. The molecule has 4 nitrogen and oxygen atoms in total. The fraction of sp³-hybridized carbons (Fsp3) is 0.688. The lowest BCUT2D eigenvalue weighted by molar-refractivity contribution is -0.134. The minimum atomic E-state index is -0.290. The Morgan fingerprint density at radius 2 is 2.10 bits per heavy atom. The molecule has 116 valence electrons. The zero-order chi connectivity index (χ0) is 15.0. The highest BCUT2D eigenvalue weighted by Crippen LogP contribution is 2.50. The summed E-state index contributed by atoms with van der Waals surface area (Å²) in [5.41, 5.74) is 0. The molecule has 0 aromatic carbocycles. The van der Waals surface area contributed by atoms with Crippen molar-refractivity contribution in [3.8, 4) is 0 Å². The van der Waals surface area contributed by atoms with Gasteiger partial charge in [-0.1, -0.05) is 0 Å². The first-order chi connectivity index (χ1) is 10.0. The number of hydrogen-bond acceptors (Lipinski definition) is 4. The average molecular weight is 308 g/mol. The van der Waals surface area contributed by atoms with Gasteiger partial charge in [-0.15, -0.1) is 11.3 Å². The second-order valence-electron chi connectivity index (χ2n) is 6.37. The molecule has 0 unspecified atom stereocenters. The van der Waals surface area contributed by atoms with Crippen LogP contribution in [0.15, 0.2) is 12.1 Å². The monoisotopic (exact) mass is 308 g/mol. The van der Waals surface area contributed by atoms with Gasteiger partial charge in [0, 0.05) is 54.3 Å². The van der Waals surface area contributed by atoms with Crippen LogP contribution in [0, 0.1) is 12.8 Å². The summed E-state index contributed by atoms with van der Waals surface area (Å²) < 4.78 is 0. The van der Waals surface area contributed by atoms with Crippen molar-refractivity contribution in [2.75, 3.05) is 32.7 Å². The Morgan fingerprint density at radius 3 is 2.67 bits per heavy atom. The molecule has 0 spiro atoms. The lowest BCUT2D eigenvalue weighted by atomic mass is 10.2. The number of β-amino-alcohol motifs (C(OH)–C–C–N with tert-alkyl or cyclic N) is 1. The number of aryl methyl sites for hydroxylation is 1. The largest absolute Gasteiger partial charge is 0.392 e. The van der Waals surface area contributed by atoms with Crippen molar-refractivity contribution in [3.05, 3.63) is 21.9 Å². The first-order valence-electron chi connectivity index (χ1n) is 7.80. The minimum absolute atomic E-state index is 0.214. The Kier molecular flexibility index (Phi) is 4.33. The summed E-state index contributed by atoms with van der Waals surface area (Å²) >= 11 is 1.83. The maximum atomic E-state index is 12.5. The number of aliphatic hydroxyl groups excluding tert-OH is 1. The van der Waals surface area contributed by atoms with Crippen molar-refractivity contribution in [2.24, 2.45) is 5.92 Å². The van der Waals surface area contributed by atoms with Gasteiger partial charge in [0.1, 0.15) is 0 Å². The molecule has 1 saturated heterocycles. The van der Waals surface area contributed by atoms with Crippen LogP contribution >= 0.6 is 11.3 Å². The van der Waals surface area contributed by atoms with E-state index in [1.807, 2.05) is 23.2 Å². The molecule has 0 bridgehead atoms. The Morgan fingerprint density at radius 1 is 1.38 bits per heavy atom. The van der Waals surface area contributed by atoms with Crippen LogP contribution in [0.25, 0.3) is 0 Å². The van der Waals surface area contributed by atoms with E-state index in [0.29, 0.717) is 18.4 Å². The molecule has 21 heavy (non-hydrogen) atoms. The Bertz CT molecular complexity index is 506. The first kappa shape index (κ1) is 15.0. The van der Waals surface area contributed by atoms with E-state index in [0.717, 1.165) is 32.6 Å². The molecule has 1 aliphatic carbocycles. The third-order valence-electron chi connectivity index (χ3n) is 4.44. The van der Waals surface area contributed by atoms with Gasteiger partial charge in [0.2, 0.25) is 5.91 Å². The van der Waals surface area contributed by atoms with Crippen LogP contribution < -0.4 is 0 Å². The predicted molar refractivity (Wildman–Crippen MR) is 84.6 cm³/mol. The zero-order valence-electron chi connectivity index (χ0n) is 12.8. The van der Waals surface area contributed by atoms with E-state index in [4.69, 9.17) is 0 Å².